The van der Waals surface area contributed by atoms with Gasteiger partial charge in [0.15, 0.2) is 0 Å². The van der Waals surface area contributed by atoms with Crippen LogP contribution in [0, 0.1) is 0 Å². The fraction of sp³-hybridized carbons (Fsp3) is 1.00. The van der Waals surface area contributed by atoms with E-state index >= 15 is 0 Å². The predicted octanol–water partition coefficient (Wildman–Crippen LogP) is -0.701. The third kappa shape index (κ3) is 3.01. The first-order valence-corrected chi connectivity index (χ1v) is 5.33. The summed E-state index contributed by atoms with van der Waals surface area (Å²) in [5.74, 6) is 0. The van der Waals surface area contributed by atoms with E-state index in [1.165, 1.54) is 0 Å². The molecule has 0 aliphatic rings. The molecule has 13 heteroatoms. The molecule has 0 aromatic heterocycles. The second-order valence-electron chi connectivity index (χ2n) is 1.98. The zero-order valence-corrected chi connectivity index (χ0v) is 7.49. The van der Waals surface area contributed by atoms with Crippen molar-refractivity contribution in [1.82, 2.24) is 0 Å². The fourth-order valence-electron chi connectivity index (χ4n) is 0.426. The van der Waals surface area contributed by atoms with Crippen molar-refractivity contribution in [3.63, 3.8) is 0 Å². The van der Waals surface area contributed by atoms with E-state index in [-0.39, 0.29) is 29.6 Å². The Labute approximate surface area is 103 Å². The van der Waals surface area contributed by atoms with Gasteiger partial charge in [-0.05, 0) is 0 Å². The Morgan fingerprint density at radius 1 is 0.800 bits per heavy atom. The second-order valence-corrected chi connectivity index (χ2v) is 5.27. The molecule has 0 aromatic carbocycles. The number of rotatable bonds is 2. The van der Waals surface area contributed by atoms with Crippen LogP contribution in [0.15, 0.2) is 0 Å². The summed E-state index contributed by atoms with van der Waals surface area (Å²) in [4.78, 5) is 0. The third-order valence-corrected chi connectivity index (χ3v) is 4.06. The molecule has 0 rings (SSSR count). The average Bonchev–Trinajstić information content (AvgIpc) is 1.77. The van der Waals surface area contributed by atoms with Gasteiger partial charge in [-0.1, -0.05) is 0 Å². The molecular weight excluding hydrogens is 283 g/mol. The number of alkyl halides is 4. The van der Waals surface area contributed by atoms with Crippen LogP contribution in [0.4, 0.5) is 17.6 Å². The number of halogens is 4. The van der Waals surface area contributed by atoms with E-state index in [4.69, 9.17) is 9.11 Å². The van der Waals surface area contributed by atoms with Gasteiger partial charge in [-0.2, -0.15) is 34.4 Å². The first kappa shape index (κ1) is 17.9. The summed E-state index contributed by atoms with van der Waals surface area (Å²) >= 11 is 0. The Kier molecular flexibility index (Phi) is 5.29. The Hall–Kier alpha value is 0.540. The van der Waals surface area contributed by atoms with Crippen LogP contribution in [-0.2, 0) is 20.2 Å². The van der Waals surface area contributed by atoms with E-state index < -0.39 is 30.7 Å². The molecule has 0 aliphatic heterocycles. The molecule has 0 spiro atoms. The van der Waals surface area contributed by atoms with Gasteiger partial charge < -0.3 is 0 Å². The zero-order valence-electron chi connectivity index (χ0n) is 5.86. The summed E-state index contributed by atoms with van der Waals surface area (Å²) in [6.45, 7) is 0. The molecule has 0 fully saturated rings. The van der Waals surface area contributed by atoms with Crippen molar-refractivity contribution in [1.29, 1.82) is 0 Å². The van der Waals surface area contributed by atoms with E-state index in [9.17, 15) is 34.4 Å². The molecular formula is C2H3F4NaO6S2. The summed E-state index contributed by atoms with van der Waals surface area (Å²) in [6, 6.07) is 0. The van der Waals surface area contributed by atoms with Gasteiger partial charge in [0.1, 0.15) is 0 Å². The maximum atomic E-state index is 12.5. The molecule has 15 heavy (non-hydrogen) atoms. The summed E-state index contributed by atoms with van der Waals surface area (Å²) in [7, 11) is -13.4. The van der Waals surface area contributed by atoms with Crippen LogP contribution < -0.4 is 0 Å². The Balaban J connectivity index is 0. The van der Waals surface area contributed by atoms with Gasteiger partial charge in [0.05, 0.1) is 0 Å². The molecule has 0 saturated carbocycles. The van der Waals surface area contributed by atoms with Crippen molar-refractivity contribution in [2.24, 2.45) is 0 Å². The van der Waals surface area contributed by atoms with Crippen LogP contribution in [-0.4, -0.2) is 66.0 Å². The van der Waals surface area contributed by atoms with Gasteiger partial charge in [-0.25, -0.2) is 0 Å². The second kappa shape index (κ2) is 4.43. The molecule has 0 atom stereocenters. The summed E-state index contributed by atoms with van der Waals surface area (Å²) in [6.07, 6.45) is -6.52. The molecule has 0 aliphatic carbocycles. The molecule has 0 heterocycles. The van der Waals surface area contributed by atoms with Crippen LogP contribution >= 0.6 is 0 Å². The predicted molar refractivity (Wildman–Crippen MR) is 40.1 cm³/mol. The van der Waals surface area contributed by atoms with Crippen molar-refractivity contribution < 1.29 is 43.5 Å². The molecule has 2 N–H and O–H groups in total. The van der Waals surface area contributed by atoms with Crippen LogP contribution in [0.2, 0.25) is 0 Å². The van der Waals surface area contributed by atoms with E-state index in [0.29, 0.717) is 0 Å². The molecule has 0 aromatic rings. The van der Waals surface area contributed by atoms with Gasteiger partial charge in [0, 0.05) is 0 Å². The monoisotopic (exact) mass is 286 g/mol. The van der Waals surface area contributed by atoms with Gasteiger partial charge in [0.25, 0.3) is 0 Å². The molecule has 0 saturated heterocycles. The van der Waals surface area contributed by atoms with E-state index in [1.54, 1.807) is 0 Å². The van der Waals surface area contributed by atoms with Crippen molar-refractivity contribution in [2.75, 3.05) is 0 Å². The summed E-state index contributed by atoms with van der Waals surface area (Å²) < 4.78 is 96.3. The summed E-state index contributed by atoms with van der Waals surface area (Å²) in [5.41, 5.74) is 0. The molecule has 6 nitrogen and oxygen atoms in total. The number of hydrogen-bond acceptors (Lipinski definition) is 4. The normalized spacial score (nSPS) is 14.5. The molecule has 0 unspecified atom stereocenters. The SMILES string of the molecule is O=S(=O)(O)C(F)(C(F)(F)F)S(=O)(=O)O.[NaH]. The maximum absolute atomic E-state index is 12.5. The standard InChI is InChI=1S/C2H2F4O6S2.Na.H/c3-1(4,5)2(6,13(7,8)9)14(10,11)12;;/h(H,7,8,9)(H,10,11,12);;. The van der Waals surface area contributed by atoms with Crippen molar-refractivity contribution in [2.45, 2.75) is 10.5 Å². The molecule has 0 amide bonds. The topological polar surface area (TPSA) is 109 Å². The summed E-state index contributed by atoms with van der Waals surface area (Å²) in [5, 5.41) is 0. The Morgan fingerprint density at radius 3 is 1.00 bits per heavy atom. The van der Waals surface area contributed by atoms with Crippen LogP contribution in [0.1, 0.15) is 0 Å². The van der Waals surface area contributed by atoms with Gasteiger partial charge in [-0.15, -0.1) is 0 Å². The van der Waals surface area contributed by atoms with Crippen molar-refractivity contribution in [3.8, 4) is 0 Å². The zero-order chi connectivity index (χ0) is 12.0. The average molecular weight is 286 g/mol. The minimum atomic E-state index is -6.71. The van der Waals surface area contributed by atoms with Crippen molar-refractivity contribution in [3.05, 3.63) is 0 Å². The Morgan fingerprint density at radius 2 is 1.00 bits per heavy atom. The first-order valence-electron chi connectivity index (χ1n) is 2.45. The minimum absolute atomic E-state index is 0. The van der Waals surface area contributed by atoms with Crippen LogP contribution in [0.5, 0.6) is 0 Å². The fourth-order valence-corrected chi connectivity index (χ4v) is 2.08. The quantitative estimate of drug-likeness (QED) is 0.395. The van der Waals surface area contributed by atoms with Gasteiger partial charge >= 0.3 is 60.3 Å². The third-order valence-electron chi connectivity index (χ3n) is 1.00. The van der Waals surface area contributed by atoms with E-state index in [0.717, 1.165) is 0 Å². The van der Waals surface area contributed by atoms with E-state index in [2.05, 4.69) is 0 Å². The number of hydrogen-bond donors (Lipinski definition) is 2. The molecule has 0 bridgehead atoms. The van der Waals surface area contributed by atoms with Gasteiger partial charge in [0.2, 0.25) is 0 Å². The first-order chi connectivity index (χ1) is 5.75. The van der Waals surface area contributed by atoms with Gasteiger partial charge in [-0.3, -0.25) is 9.11 Å². The van der Waals surface area contributed by atoms with Crippen LogP contribution in [0.25, 0.3) is 0 Å². The molecule has 88 valence electrons. The molecule has 0 radical (unpaired) electrons. The van der Waals surface area contributed by atoms with Crippen molar-refractivity contribution >= 4 is 49.8 Å². The Bertz CT molecular complexity index is 389. The van der Waals surface area contributed by atoms with E-state index in [1.807, 2.05) is 0 Å². The van der Waals surface area contributed by atoms with Crippen LogP contribution in [0.3, 0.4) is 0 Å².